The van der Waals surface area contributed by atoms with Gasteiger partial charge in [-0.3, -0.25) is 24.3 Å². The van der Waals surface area contributed by atoms with Gasteiger partial charge in [-0.05, 0) is 60.4 Å². The zero-order valence-electron chi connectivity index (χ0n) is 18.3. The van der Waals surface area contributed by atoms with Gasteiger partial charge in [0.05, 0.1) is 23.9 Å². The Morgan fingerprint density at radius 3 is 2.74 bits per heavy atom. The summed E-state index contributed by atoms with van der Waals surface area (Å²) in [5, 5.41) is 11.1. The number of anilines is 1. The highest BCUT2D eigenvalue weighted by atomic mass is 32.1. The summed E-state index contributed by atoms with van der Waals surface area (Å²) in [6.07, 6.45) is 2.76. The van der Waals surface area contributed by atoms with E-state index in [1.54, 1.807) is 18.1 Å². The summed E-state index contributed by atoms with van der Waals surface area (Å²) < 4.78 is 7.00. The van der Waals surface area contributed by atoms with Gasteiger partial charge in [-0.15, -0.1) is 11.3 Å². The summed E-state index contributed by atoms with van der Waals surface area (Å²) >= 11 is 1.33. The van der Waals surface area contributed by atoms with E-state index >= 15 is 0 Å². The molecule has 0 fully saturated rings. The first-order valence-corrected chi connectivity index (χ1v) is 11.5. The normalized spacial score (nSPS) is 13.0. The molecule has 0 unspecified atom stereocenters. The Hall–Kier alpha value is -4.05. The van der Waals surface area contributed by atoms with Crippen molar-refractivity contribution < 1.29 is 14.5 Å². The zero-order valence-corrected chi connectivity index (χ0v) is 19.1. The monoisotopic (exact) mass is 476 g/mol. The molecule has 1 aliphatic heterocycles. The zero-order chi connectivity index (χ0) is 23.8. The fourth-order valence-corrected chi connectivity index (χ4v) is 5.21. The number of carbonyl (C=O) groups is 1. The molecule has 0 atom stereocenters. The van der Waals surface area contributed by atoms with Gasteiger partial charge in [0.25, 0.3) is 11.2 Å². The molecule has 0 saturated carbocycles. The Morgan fingerprint density at radius 2 is 2.00 bits per heavy atom. The lowest BCUT2D eigenvalue weighted by Crippen LogP contribution is -2.39. The summed E-state index contributed by atoms with van der Waals surface area (Å²) in [5.41, 5.74) is 2.68. The van der Waals surface area contributed by atoms with Crippen molar-refractivity contribution in [3.63, 3.8) is 0 Å². The molecule has 0 spiro atoms. The van der Waals surface area contributed by atoms with E-state index in [-0.39, 0.29) is 23.7 Å². The van der Waals surface area contributed by atoms with E-state index in [0.29, 0.717) is 35.3 Å². The van der Waals surface area contributed by atoms with Gasteiger partial charge in [-0.2, -0.15) is 0 Å². The van der Waals surface area contributed by atoms with Crippen molar-refractivity contribution >= 4 is 38.8 Å². The Balaban J connectivity index is 1.42. The lowest BCUT2D eigenvalue weighted by molar-refractivity contribution is -0.384. The largest absolute Gasteiger partial charge is 0.497 e. The molecule has 1 amide bonds. The number of benzene rings is 2. The third-order valence-corrected chi connectivity index (χ3v) is 7.04. The van der Waals surface area contributed by atoms with Crippen molar-refractivity contribution in [2.24, 2.45) is 0 Å². The number of rotatable bonds is 5. The van der Waals surface area contributed by atoms with Crippen LogP contribution in [-0.4, -0.2) is 34.0 Å². The van der Waals surface area contributed by atoms with Crippen molar-refractivity contribution in [1.29, 1.82) is 0 Å². The Morgan fingerprint density at radius 1 is 1.21 bits per heavy atom. The molecule has 2 aromatic heterocycles. The minimum absolute atomic E-state index is 0.00396. The predicted octanol–water partition coefficient (Wildman–Crippen LogP) is 4.02. The van der Waals surface area contributed by atoms with E-state index < -0.39 is 4.92 Å². The maximum absolute atomic E-state index is 13.1. The topological polar surface area (TPSA) is 108 Å². The van der Waals surface area contributed by atoms with Crippen LogP contribution in [0.4, 0.5) is 11.4 Å². The average Bonchev–Trinajstić information content (AvgIpc) is 3.30. The minimum Gasteiger partial charge on any atom is -0.497 e. The molecular weight excluding hydrogens is 456 g/mol. The van der Waals surface area contributed by atoms with Crippen molar-refractivity contribution in [1.82, 2.24) is 9.55 Å². The number of hydrogen-bond donors (Lipinski definition) is 0. The van der Waals surface area contributed by atoms with E-state index in [1.165, 1.54) is 34.4 Å². The number of carbonyl (C=O) groups excluding carboxylic acids is 1. The summed E-state index contributed by atoms with van der Waals surface area (Å²) in [6, 6.07) is 13.9. The number of nitrogens with zero attached hydrogens (tertiary/aromatic N) is 4. The Labute approximate surface area is 198 Å². The lowest BCUT2D eigenvalue weighted by atomic mass is 10.0. The van der Waals surface area contributed by atoms with E-state index in [2.05, 4.69) is 4.98 Å². The molecule has 9 nitrogen and oxygen atoms in total. The first-order chi connectivity index (χ1) is 16.4. The van der Waals surface area contributed by atoms with Crippen molar-refractivity contribution in [2.75, 3.05) is 18.6 Å². The molecule has 2 aromatic carbocycles. The molecular formula is C24H20N4O5S. The van der Waals surface area contributed by atoms with E-state index in [0.717, 1.165) is 21.8 Å². The summed E-state index contributed by atoms with van der Waals surface area (Å²) in [5.74, 6) is 0.489. The third kappa shape index (κ3) is 3.92. The standard InChI is InChI=1S/C24H20N4O5S/c1-33-18-7-4-15(5-8-18)21-12-19-23(34-21)24(30)26(14-25-19)13-22(29)27-10-2-3-16-11-17(28(31)32)6-9-20(16)27/h4-9,11-12,14H,2-3,10,13H2,1H3. The molecule has 0 saturated heterocycles. The van der Waals surface area contributed by atoms with Crippen LogP contribution in [0.3, 0.4) is 0 Å². The Bertz CT molecular complexity index is 1480. The fraction of sp³-hybridized carbons (Fsp3) is 0.208. The molecule has 172 valence electrons. The maximum atomic E-state index is 13.1. The van der Waals surface area contributed by atoms with Crippen molar-refractivity contribution in [3.8, 4) is 16.2 Å². The van der Waals surface area contributed by atoms with Gasteiger partial charge in [0, 0.05) is 29.2 Å². The number of hydrogen-bond acceptors (Lipinski definition) is 7. The van der Waals surface area contributed by atoms with Crippen LogP contribution in [-0.2, 0) is 17.8 Å². The van der Waals surface area contributed by atoms with Crippen LogP contribution >= 0.6 is 11.3 Å². The molecule has 1 aliphatic rings. The highest BCUT2D eigenvalue weighted by Gasteiger charge is 2.25. The van der Waals surface area contributed by atoms with Gasteiger partial charge in [-0.25, -0.2) is 4.98 Å². The smallest absolute Gasteiger partial charge is 0.271 e. The molecule has 0 N–H and O–H groups in total. The quantitative estimate of drug-likeness (QED) is 0.318. The highest BCUT2D eigenvalue weighted by molar-refractivity contribution is 7.22. The number of nitro groups is 1. The number of thiophene rings is 1. The molecule has 0 aliphatic carbocycles. The number of fused-ring (bicyclic) bond motifs is 2. The number of ether oxygens (including phenoxy) is 1. The second-order valence-electron chi connectivity index (χ2n) is 7.95. The number of aryl methyl sites for hydroxylation is 1. The lowest BCUT2D eigenvalue weighted by Gasteiger charge is -2.29. The first kappa shape index (κ1) is 21.8. The second kappa shape index (κ2) is 8.71. The first-order valence-electron chi connectivity index (χ1n) is 10.7. The van der Waals surface area contributed by atoms with Gasteiger partial charge < -0.3 is 9.64 Å². The van der Waals surface area contributed by atoms with Crippen LogP contribution in [0.2, 0.25) is 0 Å². The summed E-state index contributed by atoms with van der Waals surface area (Å²) in [7, 11) is 1.61. The second-order valence-corrected chi connectivity index (χ2v) is 9.00. The van der Waals surface area contributed by atoms with E-state index in [4.69, 9.17) is 4.74 Å². The van der Waals surface area contributed by atoms with Gasteiger partial charge in [0.1, 0.15) is 17.0 Å². The number of methoxy groups -OCH3 is 1. The van der Waals surface area contributed by atoms with Crippen LogP contribution in [0, 0.1) is 10.1 Å². The fourth-order valence-electron chi connectivity index (χ4n) is 4.14. The van der Waals surface area contributed by atoms with Crippen LogP contribution in [0.15, 0.2) is 59.7 Å². The number of aromatic nitrogens is 2. The number of nitro benzene ring substituents is 1. The molecule has 0 radical (unpaired) electrons. The molecule has 3 heterocycles. The summed E-state index contributed by atoms with van der Waals surface area (Å²) in [4.78, 5) is 43.8. The SMILES string of the molecule is COc1ccc(-c2cc3ncn(CC(=O)N4CCCc5cc([N+](=O)[O-])ccc54)c(=O)c3s2)cc1. The molecule has 34 heavy (non-hydrogen) atoms. The Kier molecular flexibility index (Phi) is 5.58. The number of amides is 1. The summed E-state index contributed by atoms with van der Waals surface area (Å²) in [6.45, 7) is 0.336. The molecule has 5 rings (SSSR count). The maximum Gasteiger partial charge on any atom is 0.271 e. The highest BCUT2D eigenvalue weighted by Crippen LogP contribution is 2.32. The average molecular weight is 477 g/mol. The van der Waals surface area contributed by atoms with Crippen LogP contribution in [0.5, 0.6) is 5.75 Å². The minimum atomic E-state index is -0.442. The molecule has 10 heteroatoms. The van der Waals surface area contributed by atoms with Crippen molar-refractivity contribution in [2.45, 2.75) is 19.4 Å². The van der Waals surface area contributed by atoms with Gasteiger partial charge in [0.15, 0.2) is 0 Å². The predicted molar refractivity (Wildman–Crippen MR) is 130 cm³/mol. The van der Waals surface area contributed by atoms with Crippen LogP contribution < -0.4 is 15.2 Å². The van der Waals surface area contributed by atoms with Crippen LogP contribution in [0.25, 0.3) is 20.7 Å². The molecule has 0 bridgehead atoms. The third-order valence-electron chi connectivity index (χ3n) is 5.88. The van der Waals surface area contributed by atoms with E-state index in [9.17, 15) is 19.7 Å². The van der Waals surface area contributed by atoms with Gasteiger partial charge >= 0.3 is 0 Å². The molecule has 4 aromatic rings. The van der Waals surface area contributed by atoms with Gasteiger partial charge in [0.2, 0.25) is 5.91 Å². The van der Waals surface area contributed by atoms with Crippen molar-refractivity contribution in [3.05, 3.63) is 80.9 Å². The van der Waals surface area contributed by atoms with Crippen LogP contribution in [0.1, 0.15) is 12.0 Å². The van der Waals surface area contributed by atoms with Gasteiger partial charge in [-0.1, -0.05) is 0 Å². The number of non-ortho nitro benzene ring substituents is 1. The van der Waals surface area contributed by atoms with E-state index in [1.807, 2.05) is 30.3 Å².